The number of rotatable bonds is 6. The molecule has 0 saturated carbocycles. The highest BCUT2D eigenvalue weighted by Gasteiger charge is 2.33. The minimum absolute atomic E-state index is 0.184. The molecule has 180 valence electrons. The van der Waals surface area contributed by atoms with E-state index < -0.39 is 5.91 Å². The summed E-state index contributed by atoms with van der Waals surface area (Å²) in [6.45, 7) is 8.59. The fourth-order valence-electron chi connectivity index (χ4n) is 4.41. The molecular formula is C24H31N7O3. The third kappa shape index (κ3) is 4.81. The summed E-state index contributed by atoms with van der Waals surface area (Å²) >= 11 is 0. The maximum atomic E-state index is 13.2. The Hall–Kier alpha value is -3.66. The highest BCUT2D eigenvalue weighted by molar-refractivity contribution is 6.24. The predicted octanol–water partition coefficient (Wildman–Crippen LogP) is 1.12. The van der Waals surface area contributed by atoms with Crippen molar-refractivity contribution in [1.82, 2.24) is 14.9 Å². The fourth-order valence-corrected chi connectivity index (χ4v) is 4.41. The zero-order valence-electron chi connectivity index (χ0n) is 19.7. The number of carbonyl (C=O) groups excluding carboxylic acids is 2. The summed E-state index contributed by atoms with van der Waals surface area (Å²) in [5.41, 5.74) is 13.6. The average Bonchev–Trinajstić information content (AvgIpc) is 3.12. The highest BCUT2D eigenvalue weighted by Crippen LogP contribution is 2.42. The number of nitrogens with one attached hydrogen (secondary N) is 1. The monoisotopic (exact) mass is 465 g/mol. The van der Waals surface area contributed by atoms with Gasteiger partial charge in [0.15, 0.2) is 5.82 Å². The average molecular weight is 466 g/mol. The normalized spacial score (nSPS) is 18.7. The number of anilines is 2. The Balaban J connectivity index is 1.62. The molecule has 1 saturated heterocycles. The van der Waals surface area contributed by atoms with E-state index in [1.54, 1.807) is 18.5 Å². The van der Waals surface area contributed by atoms with Crippen molar-refractivity contribution in [3.05, 3.63) is 48.2 Å². The number of nitrogens with zero attached hydrogens (tertiary/aromatic N) is 4. The topological polar surface area (TPSA) is 140 Å². The Morgan fingerprint density at radius 2 is 1.85 bits per heavy atom. The Labute approximate surface area is 199 Å². The van der Waals surface area contributed by atoms with Gasteiger partial charge in [-0.05, 0) is 32.9 Å². The first-order valence-electron chi connectivity index (χ1n) is 11.3. The largest absolute Gasteiger partial charge is 0.487 e. The van der Waals surface area contributed by atoms with E-state index in [4.69, 9.17) is 16.2 Å². The first-order chi connectivity index (χ1) is 16.2. The third-order valence-electron chi connectivity index (χ3n) is 6.26. The Kier molecular flexibility index (Phi) is 6.43. The van der Waals surface area contributed by atoms with Crippen molar-refractivity contribution < 1.29 is 14.3 Å². The second-order valence-electron chi connectivity index (χ2n) is 9.22. The molecule has 1 unspecified atom stereocenters. The van der Waals surface area contributed by atoms with E-state index in [-0.39, 0.29) is 28.9 Å². The second-order valence-corrected chi connectivity index (χ2v) is 9.22. The molecule has 2 amide bonds. The number of ether oxygens (including phenoxy) is 1. The zero-order chi connectivity index (χ0) is 24.5. The molecule has 1 atom stereocenters. The van der Waals surface area contributed by atoms with E-state index in [0.29, 0.717) is 31.9 Å². The number of nitrogens with two attached hydrogens (primary N) is 2. The van der Waals surface area contributed by atoms with Crippen molar-refractivity contribution in [1.29, 1.82) is 0 Å². The number of carbonyl (C=O) groups is 2. The van der Waals surface area contributed by atoms with Gasteiger partial charge in [0.2, 0.25) is 5.91 Å². The molecule has 10 heteroatoms. The quantitative estimate of drug-likeness (QED) is 0.539. The molecule has 1 aromatic heterocycles. The summed E-state index contributed by atoms with van der Waals surface area (Å²) in [5, 5.41) is 3.01. The van der Waals surface area contributed by atoms with Crippen LogP contribution in [0.25, 0.3) is 5.57 Å². The standard InChI is InChI=1S/C24H31N7O3/c1-15(21(26)32)30-7-9-31(10-8-30)19-12-20-16(13-24(2,3)34-20)11-18(19)29-23(33)17(14-25)22-27-5-4-6-28-22/h4-6,11-12,14-15H,7-10,13,25H2,1-3H3,(H2,26,32)(H,29,33). The smallest absolute Gasteiger partial charge is 0.261 e. The van der Waals surface area contributed by atoms with Crippen LogP contribution in [0.3, 0.4) is 0 Å². The van der Waals surface area contributed by atoms with Crippen LogP contribution in [0.2, 0.25) is 0 Å². The van der Waals surface area contributed by atoms with Crippen LogP contribution in [0.1, 0.15) is 32.2 Å². The lowest BCUT2D eigenvalue weighted by atomic mass is 10.0. The molecule has 10 nitrogen and oxygen atoms in total. The van der Waals surface area contributed by atoms with Gasteiger partial charge in [-0.1, -0.05) is 0 Å². The molecule has 2 aliphatic rings. The van der Waals surface area contributed by atoms with Crippen LogP contribution < -0.4 is 26.4 Å². The summed E-state index contributed by atoms with van der Waals surface area (Å²) in [6, 6.07) is 5.30. The van der Waals surface area contributed by atoms with Gasteiger partial charge in [-0.2, -0.15) is 0 Å². The predicted molar refractivity (Wildman–Crippen MR) is 130 cm³/mol. The number of hydrogen-bond donors (Lipinski definition) is 3. The molecular weight excluding hydrogens is 434 g/mol. The Morgan fingerprint density at radius 3 is 2.47 bits per heavy atom. The van der Waals surface area contributed by atoms with Crippen LogP contribution in [-0.4, -0.2) is 64.5 Å². The molecule has 34 heavy (non-hydrogen) atoms. The number of benzene rings is 1. The molecule has 2 aliphatic heterocycles. The summed E-state index contributed by atoms with van der Waals surface area (Å²) in [4.78, 5) is 37.3. The first-order valence-corrected chi connectivity index (χ1v) is 11.3. The van der Waals surface area contributed by atoms with Crippen LogP contribution in [-0.2, 0) is 16.0 Å². The molecule has 4 rings (SSSR count). The van der Waals surface area contributed by atoms with Crippen molar-refractivity contribution in [2.45, 2.75) is 38.8 Å². The van der Waals surface area contributed by atoms with Gasteiger partial charge in [-0.25, -0.2) is 9.97 Å². The van der Waals surface area contributed by atoms with Gasteiger partial charge in [-0.3, -0.25) is 14.5 Å². The fraction of sp³-hybridized carbons (Fsp3) is 0.417. The number of primary amides is 1. The summed E-state index contributed by atoms with van der Waals surface area (Å²) in [7, 11) is 0. The summed E-state index contributed by atoms with van der Waals surface area (Å²) in [6.07, 6.45) is 5.07. The van der Waals surface area contributed by atoms with Crippen molar-refractivity contribution in [2.24, 2.45) is 11.5 Å². The molecule has 2 aromatic rings. The molecule has 0 radical (unpaired) electrons. The molecule has 1 fully saturated rings. The number of aromatic nitrogens is 2. The maximum Gasteiger partial charge on any atom is 0.261 e. The lowest BCUT2D eigenvalue weighted by Crippen LogP contribution is -2.53. The van der Waals surface area contributed by atoms with E-state index in [9.17, 15) is 9.59 Å². The van der Waals surface area contributed by atoms with Gasteiger partial charge in [0, 0.05) is 62.8 Å². The second kappa shape index (κ2) is 9.30. The summed E-state index contributed by atoms with van der Waals surface area (Å²) in [5.74, 6) is 0.337. The number of amides is 2. The van der Waals surface area contributed by atoms with Crippen molar-refractivity contribution in [3.63, 3.8) is 0 Å². The zero-order valence-corrected chi connectivity index (χ0v) is 19.7. The SMILES string of the molecule is CC(C(N)=O)N1CCN(c2cc3c(cc2NC(=O)C(=CN)c2ncccn2)CC(C)(C)O3)CC1. The third-order valence-corrected chi connectivity index (χ3v) is 6.26. The minimum atomic E-state index is -0.394. The van der Waals surface area contributed by atoms with Gasteiger partial charge < -0.3 is 26.4 Å². The maximum absolute atomic E-state index is 13.2. The minimum Gasteiger partial charge on any atom is -0.487 e. The van der Waals surface area contributed by atoms with Gasteiger partial charge in [0.05, 0.1) is 23.0 Å². The lowest BCUT2D eigenvalue weighted by Gasteiger charge is -2.38. The van der Waals surface area contributed by atoms with Gasteiger partial charge in [-0.15, -0.1) is 0 Å². The van der Waals surface area contributed by atoms with E-state index in [0.717, 1.165) is 23.4 Å². The van der Waals surface area contributed by atoms with Gasteiger partial charge in [0.25, 0.3) is 5.91 Å². The van der Waals surface area contributed by atoms with Crippen molar-refractivity contribution in [2.75, 3.05) is 36.4 Å². The van der Waals surface area contributed by atoms with Crippen molar-refractivity contribution in [3.8, 4) is 5.75 Å². The van der Waals surface area contributed by atoms with E-state index >= 15 is 0 Å². The van der Waals surface area contributed by atoms with Gasteiger partial charge in [0.1, 0.15) is 11.4 Å². The number of piperazine rings is 1. The van der Waals surface area contributed by atoms with Gasteiger partial charge >= 0.3 is 0 Å². The van der Waals surface area contributed by atoms with Crippen LogP contribution >= 0.6 is 0 Å². The van der Waals surface area contributed by atoms with Crippen LogP contribution in [0.4, 0.5) is 11.4 Å². The van der Waals surface area contributed by atoms with E-state index in [2.05, 4.69) is 25.1 Å². The summed E-state index contributed by atoms with van der Waals surface area (Å²) < 4.78 is 6.15. The van der Waals surface area contributed by atoms with Crippen LogP contribution in [0.5, 0.6) is 5.75 Å². The van der Waals surface area contributed by atoms with Crippen LogP contribution in [0.15, 0.2) is 36.8 Å². The first kappa shape index (κ1) is 23.5. The Bertz CT molecular complexity index is 1110. The lowest BCUT2D eigenvalue weighted by molar-refractivity contribution is -0.122. The van der Waals surface area contributed by atoms with Crippen molar-refractivity contribution >= 4 is 28.8 Å². The van der Waals surface area contributed by atoms with E-state index in [1.807, 2.05) is 32.9 Å². The molecule has 3 heterocycles. The van der Waals surface area contributed by atoms with E-state index in [1.165, 1.54) is 6.20 Å². The molecule has 1 aromatic carbocycles. The molecule has 0 spiro atoms. The molecule has 0 bridgehead atoms. The molecule has 0 aliphatic carbocycles. The van der Waals surface area contributed by atoms with Crippen LogP contribution in [0, 0.1) is 0 Å². The number of fused-ring (bicyclic) bond motifs is 1. The molecule has 5 N–H and O–H groups in total. The number of hydrogen-bond acceptors (Lipinski definition) is 8. The highest BCUT2D eigenvalue weighted by atomic mass is 16.5. The Morgan fingerprint density at radius 1 is 1.18 bits per heavy atom.